The average molecular weight is 294 g/mol. The highest BCUT2D eigenvalue weighted by Crippen LogP contribution is 2.19. The summed E-state index contributed by atoms with van der Waals surface area (Å²) in [6, 6.07) is 6.51. The Hall–Kier alpha value is -1.46. The third kappa shape index (κ3) is 4.25. The molecule has 1 N–H and O–H groups in total. The van der Waals surface area contributed by atoms with E-state index in [-0.39, 0.29) is 30.3 Å². The predicted octanol–water partition coefficient (Wildman–Crippen LogP) is 1.49. The fraction of sp³-hybridized carbons (Fsp3) is 0.562. The smallest absolute Gasteiger partial charge is 0.236 e. The second kappa shape index (κ2) is 7.00. The molecule has 21 heavy (non-hydrogen) atoms. The third-order valence-corrected chi connectivity index (χ3v) is 4.14. The van der Waals surface area contributed by atoms with Crippen molar-refractivity contribution in [3.8, 4) is 0 Å². The molecule has 0 aliphatic carbocycles. The number of hydrogen-bond acceptors (Lipinski definition) is 3. The van der Waals surface area contributed by atoms with Gasteiger partial charge in [-0.2, -0.15) is 0 Å². The summed E-state index contributed by atoms with van der Waals surface area (Å²) < 4.78 is 13.6. The van der Waals surface area contributed by atoms with Gasteiger partial charge in [-0.15, -0.1) is 0 Å². The minimum Gasteiger partial charge on any atom is -0.393 e. The van der Waals surface area contributed by atoms with E-state index < -0.39 is 0 Å². The van der Waals surface area contributed by atoms with Gasteiger partial charge in [0.1, 0.15) is 5.82 Å². The highest BCUT2D eigenvalue weighted by Gasteiger charge is 2.27. The number of aliphatic hydroxyl groups excluding tert-OH is 1. The Kier molecular flexibility index (Phi) is 5.31. The molecule has 1 heterocycles. The van der Waals surface area contributed by atoms with Crippen LogP contribution in [-0.2, 0) is 11.3 Å². The van der Waals surface area contributed by atoms with E-state index in [1.807, 2.05) is 0 Å². The molecule has 116 valence electrons. The number of rotatable bonds is 5. The van der Waals surface area contributed by atoms with Crippen molar-refractivity contribution in [2.24, 2.45) is 5.92 Å². The van der Waals surface area contributed by atoms with Gasteiger partial charge in [-0.3, -0.25) is 9.69 Å². The van der Waals surface area contributed by atoms with Gasteiger partial charge >= 0.3 is 0 Å². The Morgan fingerprint density at radius 2 is 2.24 bits per heavy atom. The molecule has 1 saturated heterocycles. The van der Waals surface area contributed by atoms with E-state index in [1.54, 1.807) is 37.1 Å². The molecule has 0 bridgehead atoms. The van der Waals surface area contributed by atoms with Crippen LogP contribution in [0.25, 0.3) is 0 Å². The second-order valence-corrected chi connectivity index (χ2v) is 5.87. The zero-order chi connectivity index (χ0) is 15.4. The summed E-state index contributed by atoms with van der Waals surface area (Å²) in [6.07, 6.45) is 0.586. The van der Waals surface area contributed by atoms with Gasteiger partial charge in [0.15, 0.2) is 0 Å². The SMILES string of the molecule is CC(O)C1CCN(CC(=O)N(C)Cc2ccccc2F)C1. The van der Waals surface area contributed by atoms with Crippen molar-refractivity contribution < 1.29 is 14.3 Å². The molecule has 2 unspecified atom stereocenters. The monoisotopic (exact) mass is 294 g/mol. The molecule has 1 fully saturated rings. The number of aliphatic hydroxyl groups is 1. The van der Waals surface area contributed by atoms with Crippen LogP contribution in [0.2, 0.25) is 0 Å². The maximum absolute atomic E-state index is 13.6. The fourth-order valence-electron chi connectivity index (χ4n) is 2.68. The summed E-state index contributed by atoms with van der Waals surface area (Å²) in [5.74, 6) is -0.0633. The highest BCUT2D eigenvalue weighted by atomic mass is 19.1. The minimum atomic E-state index is -0.332. The molecule has 0 spiro atoms. The van der Waals surface area contributed by atoms with Gasteiger partial charge in [0.2, 0.25) is 5.91 Å². The van der Waals surface area contributed by atoms with Crippen molar-refractivity contribution in [3.63, 3.8) is 0 Å². The standard InChI is InChI=1S/C16H23FN2O2/c1-12(20)13-7-8-19(10-13)11-16(21)18(2)9-14-5-3-4-6-15(14)17/h3-6,12-13,20H,7-11H2,1-2H3. The largest absolute Gasteiger partial charge is 0.393 e. The lowest BCUT2D eigenvalue weighted by Crippen LogP contribution is -2.37. The van der Waals surface area contributed by atoms with Gasteiger partial charge in [-0.1, -0.05) is 18.2 Å². The summed E-state index contributed by atoms with van der Waals surface area (Å²) in [7, 11) is 1.69. The van der Waals surface area contributed by atoms with E-state index in [0.717, 1.165) is 19.5 Å². The lowest BCUT2D eigenvalue weighted by Gasteiger charge is -2.22. The highest BCUT2D eigenvalue weighted by molar-refractivity contribution is 5.78. The molecular formula is C16H23FN2O2. The molecule has 5 heteroatoms. The van der Waals surface area contributed by atoms with Gasteiger partial charge in [0.05, 0.1) is 12.6 Å². The lowest BCUT2D eigenvalue weighted by atomic mass is 10.0. The van der Waals surface area contributed by atoms with Crippen molar-refractivity contribution in [3.05, 3.63) is 35.6 Å². The number of amides is 1. The second-order valence-electron chi connectivity index (χ2n) is 5.87. The molecule has 2 rings (SSSR count). The Morgan fingerprint density at radius 3 is 2.86 bits per heavy atom. The van der Waals surface area contributed by atoms with E-state index in [9.17, 15) is 14.3 Å². The number of halogens is 1. The lowest BCUT2D eigenvalue weighted by molar-refractivity contribution is -0.131. The average Bonchev–Trinajstić information content (AvgIpc) is 2.90. The molecule has 1 aromatic rings. The van der Waals surface area contributed by atoms with Gasteiger partial charge < -0.3 is 10.0 Å². The van der Waals surface area contributed by atoms with Crippen LogP contribution in [0.15, 0.2) is 24.3 Å². The van der Waals surface area contributed by atoms with Crippen LogP contribution in [0.4, 0.5) is 4.39 Å². The van der Waals surface area contributed by atoms with E-state index in [4.69, 9.17) is 0 Å². The van der Waals surface area contributed by atoms with Gasteiger partial charge in [-0.25, -0.2) is 4.39 Å². The molecule has 0 radical (unpaired) electrons. The van der Waals surface area contributed by atoms with Crippen molar-refractivity contribution in [2.75, 3.05) is 26.7 Å². The number of benzene rings is 1. The fourth-order valence-corrected chi connectivity index (χ4v) is 2.68. The number of hydrogen-bond donors (Lipinski definition) is 1. The summed E-state index contributed by atoms with van der Waals surface area (Å²) in [5.41, 5.74) is 0.525. The summed E-state index contributed by atoms with van der Waals surface area (Å²) in [5, 5.41) is 9.57. The molecule has 4 nitrogen and oxygen atoms in total. The molecule has 1 aliphatic heterocycles. The Balaban J connectivity index is 1.85. The van der Waals surface area contributed by atoms with E-state index in [1.165, 1.54) is 6.07 Å². The van der Waals surface area contributed by atoms with Gasteiger partial charge in [0, 0.05) is 25.7 Å². The zero-order valence-corrected chi connectivity index (χ0v) is 12.6. The summed E-state index contributed by atoms with van der Waals surface area (Å²) in [4.78, 5) is 15.8. The number of carbonyl (C=O) groups is 1. The first kappa shape index (κ1) is 15.9. The number of carbonyl (C=O) groups excluding carboxylic acids is 1. The van der Waals surface area contributed by atoms with Crippen LogP contribution in [0, 0.1) is 11.7 Å². The Bertz CT molecular complexity index is 493. The van der Waals surface area contributed by atoms with Crippen molar-refractivity contribution in [2.45, 2.75) is 26.0 Å². The molecule has 1 aliphatic rings. The first-order chi connectivity index (χ1) is 9.97. The topological polar surface area (TPSA) is 43.8 Å². The Labute approximate surface area is 125 Å². The van der Waals surface area contributed by atoms with Crippen molar-refractivity contribution in [1.29, 1.82) is 0 Å². The number of nitrogens with zero attached hydrogens (tertiary/aromatic N) is 2. The zero-order valence-electron chi connectivity index (χ0n) is 12.6. The van der Waals surface area contributed by atoms with E-state index in [2.05, 4.69) is 4.90 Å². The van der Waals surface area contributed by atoms with Crippen LogP contribution in [0.1, 0.15) is 18.9 Å². The molecule has 0 aromatic heterocycles. The molecule has 1 aromatic carbocycles. The van der Waals surface area contributed by atoms with Crippen LogP contribution < -0.4 is 0 Å². The van der Waals surface area contributed by atoms with Crippen molar-refractivity contribution >= 4 is 5.91 Å². The van der Waals surface area contributed by atoms with E-state index in [0.29, 0.717) is 12.1 Å². The first-order valence-corrected chi connectivity index (χ1v) is 7.35. The number of likely N-dealkylation sites (N-methyl/N-ethyl adjacent to an activating group) is 1. The van der Waals surface area contributed by atoms with Gasteiger partial charge in [0.25, 0.3) is 0 Å². The summed E-state index contributed by atoms with van der Waals surface area (Å²) >= 11 is 0. The van der Waals surface area contributed by atoms with Crippen LogP contribution in [0.3, 0.4) is 0 Å². The van der Waals surface area contributed by atoms with Crippen LogP contribution in [-0.4, -0.2) is 53.6 Å². The summed E-state index contributed by atoms with van der Waals surface area (Å²) in [6.45, 7) is 3.97. The Morgan fingerprint density at radius 1 is 1.52 bits per heavy atom. The van der Waals surface area contributed by atoms with Crippen molar-refractivity contribution in [1.82, 2.24) is 9.80 Å². The predicted molar refractivity (Wildman–Crippen MR) is 79.1 cm³/mol. The third-order valence-electron chi connectivity index (χ3n) is 4.14. The van der Waals surface area contributed by atoms with E-state index >= 15 is 0 Å². The minimum absolute atomic E-state index is 0.0236. The van der Waals surface area contributed by atoms with Gasteiger partial charge in [-0.05, 0) is 31.9 Å². The maximum Gasteiger partial charge on any atom is 0.236 e. The number of likely N-dealkylation sites (tertiary alicyclic amines) is 1. The normalized spacial score (nSPS) is 20.5. The first-order valence-electron chi connectivity index (χ1n) is 7.35. The molecule has 1 amide bonds. The molecule has 2 atom stereocenters. The van der Waals surface area contributed by atoms with Crippen LogP contribution in [0.5, 0.6) is 0 Å². The molecular weight excluding hydrogens is 271 g/mol. The quantitative estimate of drug-likeness (QED) is 0.895. The molecule has 0 saturated carbocycles. The maximum atomic E-state index is 13.6. The van der Waals surface area contributed by atoms with Crippen LogP contribution >= 0.6 is 0 Å².